The van der Waals surface area contributed by atoms with Crippen LogP contribution in [0.2, 0.25) is 0 Å². The highest BCUT2D eigenvalue weighted by atomic mass is 16.5. The molecule has 6 heteroatoms. The minimum absolute atomic E-state index is 0.0437. The molecule has 2 N–H and O–H groups in total. The number of Topliss-reactive ketones (excluding diaryl/α,β-unsaturated/α-hetero) is 1. The fraction of sp³-hybridized carbons (Fsp3) is 0.500. The van der Waals surface area contributed by atoms with Gasteiger partial charge in [-0.15, -0.1) is 0 Å². The lowest BCUT2D eigenvalue weighted by molar-refractivity contribution is -0.127. The van der Waals surface area contributed by atoms with Gasteiger partial charge in [-0.1, -0.05) is 38.8 Å². The minimum atomic E-state index is -1.21. The standard InChI is InChI=1S/C18H25NO5/c1-3-5-11-19-12-15(20)16(8-4-2)24-18(23)14-10-7-6-9-13(14)17(21)22/h6-7,9-10,16,19H,3-5,8,11-12H2,1-2H3,(H,21,22). The SMILES string of the molecule is CCCCNCC(=O)C(CCC)OC(=O)c1ccccc1C(=O)O. The third-order valence-electron chi connectivity index (χ3n) is 3.54. The van der Waals surface area contributed by atoms with E-state index in [2.05, 4.69) is 12.2 Å². The number of benzene rings is 1. The first kappa shape index (κ1) is 19.8. The molecule has 1 rings (SSSR count). The van der Waals surface area contributed by atoms with E-state index in [1.54, 1.807) is 6.07 Å². The molecule has 1 unspecified atom stereocenters. The number of carboxylic acid groups (broad SMARTS) is 1. The van der Waals surface area contributed by atoms with Gasteiger partial charge in [-0.2, -0.15) is 0 Å². The van der Waals surface area contributed by atoms with Crippen molar-refractivity contribution in [2.75, 3.05) is 13.1 Å². The van der Waals surface area contributed by atoms with Gasteiger partial charge in [0.15, 0.2) is 11.9 Å². The summed E-state index contributed by atoms with van der Waals surface area (Å²) < 4.78 is 5.29. The van der Waals surface area contributed by atoms with Crippen LogP contribution in [0.4, 0.5) is 0 Å². The number of aromatic carboxylic acids is 1. The van der Waals surface area contributed by atoms with Crippen LogP contribution >= 0.6 is 0 Å². The average molecular weight is 335 g/mol. The number of hydrogen-bond acceptors (Lipinski definition) is 5. The van der Waals surface area contributed by atoms with Gasteiger partial charge in [0.05, 0.1) is 17.7 Å². The number of esters is 1. The van der Waals surface area contributed by atoms with Crippen LogP contribution in [0, 0.1) is 0 Å². The summed E-state index contributed by atoms with van der Waals surface area (Å²) in [5.74, 6) is -2.19. The topological polar surface area (TPSA) is 92.7 Å². The van der Waals surface area contributed by atoms with Gasteiger partial charge >= 0.3 is 11.9 Å². The van der Waals surface area contributed by atoms with Crippen molar-refractivity contribution >= 4 is 17.7 Å². The minimum Gasteiger partial charge on any atom is -0.478 e. The largest absolute Gasteiger partial charge is 0.478 e. The first-order chi connectivity index (χ1) is 11.5. The second-order valence-electron chi connectivity index (χ2n) is 5.53. The van der Waals surface area contributed by atoms with Gasteiger partial charge in [-0.3, -0.25) is 4.79 Å². The van der Waals surface area contributed by atoms with Crippen LogP contribution in [0.15, 0.2) is 24.3 Å². The fourth-order valence-electron chi connectivity index (χ4n) is 2.22. The lowest BCUT2D eigenvalue weighted by Crippen LogP contribution is -2.35. The first-order valence-corrected chi connectivity index (χ1v) is 8.27. The first-order valence-electron chi connectivity index (χ1n) is 8.27. The summed E-state index contributed by atoms with van der Waals surface area (Å²) in [6.07, 6.45) is 2.23. The van der Waals surface area contributed by atoms with E-state index in [9.17, 15) is 14.4 Å². The predicted octanol–water partition coefficient (Wildman–Crippen LogP) is 2.67. The zero-order valence-electron chi connectivity index (χ0n) is 14.2. The molecule has 0 saturated carbocycles. The highest BCUT2D eigenvalue weighted by molar-refractivity contribution is 6.03. The Hall–Kier alpha value is -2.21. The lowest BCUT2D eigenvalue weighted by atomic mass is 10.1. The van der Waals surface area contributed by atoms with Crippen LogP contribution in [0.3, 0.4) is 0 Å². The third-order valence-corrected chi connectivity index (χ3v) is 3.54. The molecule has 0 fully saturated rings. The summed E-state index contributed by atoms with van der Waals surface area (Å²) in [6.45, 7) is 4.82. The van der Waals surface area contributed by atoms with Crippen molar-refractivity contribution in [1.29, 1.82) is 0 Å². The van der Waals surface area contributed by atoms with Crippen molar-refractivity contribution in [2.45, 2.75) is 45.6 Å². The molecule has 6 nitrogen and oxygen atoms in total. The molecule has 1 aromatic carbocycles. The summed E-state index contributed by atoms with van der Waals surface area (Å²) in [5, 5.41) is 12.2. The highest BCUT2D eigenvalue weighted by Gasteiger charge is 2.24. The Morgan fingerprint density at radius 1 is 1.12 bits per heavy atom. The zero-order valence-corrected chi connectivity index (χ0v) is 14.2. The van der Waals surface area contributed by atoms with Crippen molar-refractivity contribution in [3.8, 4) is 0 Å². The number of carboxylic acids is 1. The summed E-state index contributed by atoms with van der Waals surface area (Å²) >= 11 is 0. The van der Waals surface area contributed by atoms with Gasteiger partial charge in [0.2, 0.25) is 0 Å². The molecule has 0 amide bonds. The third kappa shape index (κ3) is 6.12. The highest BCUT2D eigenvalue weighted by Crippen LogP contribution is 2.13. The molecular formula is C18H25NO5. The van der Waals surface area contributed by atoms with Crippen LogP contribution in [0.5, 0.6) is 0 Å². The number of ketones is 1. The van der Waals surface area contributed by atoms with E-state index in [1.807, 2.05) is 6.92 Å². The van der Waals surface area contributed by atoms with Gasteiger partial charge in [-0.25, -0.2) is 9.59 Å². The van der Waals surface area contributed by atoms with E-state index in [0.717, 1.165) is 19.4 Å². The maximum Gasteiger partial charge on any atom is 0.339 e. The monoisotopic (exact) mass is 335 g/mol. The van der Waals surface area contributed by atoms with E-state index in [-0.39, 0.29) is 23.5 Å². The van der Waals surface area contributed by atoms with Gasteiger partial charge in [0.25, 0.3) is 0 Å². The molecule has 1 aromatic rings. The van der Waals surface area contributed by atoms with Crippen molar-refractivity contribution < 1.29 is 24.2 Å². The van der Waals surface area contributed by atoms with E-state index in [1.165, 1.54) is 18.2 Å². The normalized spacial score (nSPS) is 11.8. The molecule has 0 spiro atoms. The Kier molecular flexibility index (Phi) is 8.71. The molecule has 132 valence electrons. The number of ether oxygens (including phenoxy) is 1. The molecule has 0 bridgehead atoms. The van der Waals surface area contributed by atoms with Crippen LogP contribution in [0.25, 0.3) is 0 Å². The second kappa shape index (κ2) is 10.5. The molecule has 0 radical (unpaired) electrons. The van der Waals surface area contributed by atoms with Gasteiger partial charge in [0.1, 0.15) is 0 Å². The smallest absolute Gasteiger partial charge is 0.339 e. The average Bonchev–Trinajstić information content (AvgIpc) is 2.58. The number of unbranched alkanes of at least 4 members (excludes halogenated alkanes) is 1. The quantitative estimate of drug-likeness (QED) is 0.477. The van der Waals surface area contributed by atoms with Gasteiger partial charge in [0, 0.05) is 0 Å². The van der Waals surface area contributed by atoms with Crippen molar-refractivity contribution in [3.63, 3.8) is 0 Å². The maximum absolute atomic E-state index is 12.3. The number of rotatable bonds is 11. The number of hydrogen-bond donors (Lipinski definition) is 2. The number of nitrogens with one attached hydrogen (secondary N) is 1. The Morgan fingerprint density at radius 3 is 2.38 bits per heavy atom. The Bertz CT molecular complexity index is 570. The Morgan fingerprint density at radius 2 is 1.79 bits per heavy atom. The van der Waals surface area contributed by atoms with Crippen molar-refractivity contribution in [1.82, 2.24) is 5.32 Å². The van der Waals surface area contributed by atoms with E-state index in [4.69, 9.17) is 9.84 Å². The molecule has 0 aliphatic carbocycles. The van der Waals surface area contributed by atoms with Gasteiger partial charge in [-0.05, 0) is 31.5 Å². The zero-order chi connectivity index (χ0) is 17.9. The lowest BCUT2D eigenvalue weighted by Gasteiger charge is -2.17. The molecular weight excluding hydrogens is 310 g/mol. The maximum atomic E-state index is 12.3. The summed E-state index contributed by atoms with van der Waals surface area (Å²) in [6, 6.07) is 5.82. The van der Waals surface area contributed by atoms with E-state index < -0.39 is 18.0 Å². The van der Waals surface area contributed by atoms with Crippen LogP contribution in [-0.4, -0.2) is 42.0 Å². The van der Waals surface area contributed by atoms with Gasteiger partial charge < -0.3 is 15.2 Å². The summed E-state index contributed by atoms with van der Waals surface area (Å²) in [5.41, 5.74) is -0.177. The molecule has 0 heterocycles. The molecule has 1 atom stereocenters. The fourth-order valence-corrected chi connectivity index (χ4v) is 2.22. The van der Waals surface area contributed by atoms with E-state index in [0.29, 0.717) is 12.8 Å². The summed E-state index contributed by atoms with van der Waals surface area (Å²) in [4.78, 5) is 35.7. The Balaban J connectivity index is 2.75. The molecule has 0 saturated heterocycles. The summed E-state index contributed by atoms with van der Waals surface area (Å²) in [7, 11) is 0. The second-order valence-corrected chi connectivity index (χ2v) is 5.53. The van der Waals surface area contributed by atoms with Crippen LogP contribution < -0.4 is 5.32 Å². The Labute approximate surface area is 142 Å². The van der Waals surface area contributed by atoms with Crippen molar-refractivity contribution in [3.05, 3.63) is 35.4 Å². The van der Waals surface area contributed by atoms with E-state index >= 15 is 0 Å². The number of carbonyl (C=O) groups excluding carboxylic acids is 2. The molecule has 0 aliphatic rings. The molecule has 0 aromatic heterocycles. The van der Waals surface area contributed by atoms with Crippen molar-refractivity contribution in [2.24, 2.45) is 0 Å². The molecule has 24 heavy (non-hydrogen) atoms. The van der Waals surface area contributed by atoms with Crippen LogP contribution in [0.1, 0.15) is 60.2 Å². The molecule has 0 aliphatic heterocycles. The number of carbonyl (C=O) groups is 3. The predicted molar refractivity (Wildman–Crippen MR) is 90.3 cm³/mol. The van der Waals surface area contributed by atoms with Crippen LogP contribution in [-0.2, 0) is 9.53 Å².